The normalized spacial score (nSPS) is 12.3. The molecule has 0 bridgehead atoms. The number of halogens is 1. The Morgan fingerprint density at radius 1 is 1.25 bits per heavy atom. The van der Waals surface area contributed by atoms with Crippen LogP contribution in [0.3, 0.4) is 0 Å². The average Bonchev–Trinajstić information content (AvgIpc) is 1.55. The zero-order chi connectivity index (χ0) is 9.12. The van der Waals surface area contributed by atoms with E-state index < -0.39 is 10.1 Å². The number of rotatable bonds is 4. The fourth-order valence-electron chi connectivity index (χ4n) is 0.463. The summed E-state index contributed by atoms with van der Waals surface area (Å²) in [6, 6.07) is 0. The Kier molecular flexibility index (Phi) is 6.13. The van der Waals surface area contributed by atoms with Crippen LogP contribution in [0.1, 0.15) is 0 Å². The summed E-state index contributed by atoms with van der Waals surface area (Å²) < 4.78 is 26.2. The smallest absolute Gasteiger partial charge is 0.264 e. The lowest BCUT2D eigenvalue weighted by Gasteiger charge is -2.22. The highest BCUT2D eigenvalue weighted by Crippen LogP contribution is 1.92. The number of hydrogen-bond donors (Lipinski definition) is 0. The molecule has 0 aliphatic heterocycles. The van der Waals surface area contributed by atoms with Crippen LogP contribution in [0.5, 0.6) is 0 Å². The molecule has 0 spiro atoms. The van der Waals surface area contributed by atoms with Crippen LogP contribution >= 0.6 is 0 Å². The molecule has 0 radical (unpaired) electrons. The van der Waals surface area contributed by atoms with E-state index >= 15 is 0 Å². The van der Waals surface area contributed by atoms with Gasteiger partial charge < -0.3 is 16.9 Å². The van der Waals surface area contributed by atoms with Gasteiger partial charge in [0.05, 0.1) is 27.4 Å². The Labute approximate surface area is 80.6 Å². The largest absolute Gasteiger partial charge is 1.00 e. The van der Waals surface area contributed by atoms with Gasteiger partial charge in [0.1, 0.15) is 13.2 Å². The summed E-state index contributed by atoms with van der Waals surface area (Å²) in [5.41, 5.74) is 0. The maximum Gasteiger partial charge on any atom is 0.264 e. The topological polar surface area (TPSA) is 43.4 Å². The van der Waals surface area contributed by atoms with E-state index in [-0.39, 0.29) is 19.0 Å². The minimum absolute atomic E-state index is 0. The Morgan fingerprint density at radius 2 is 1.67 bits per heavy atom. The van der Waals surface area contributed by atoms with Crippen molar-refractivity contribution in [3.63, 3.8) is 0 Å². The zero-order valence-electron chi connectivity index (χ0n) is 7.87. The van der Waals surface area contributed by atoms with Gasteiger partial charge in [-0.05, 0) is 0 Å². The van der Waals surface area contributed by atoms with Crippen molar-refractivity contribution in [1.29, 1.82) is 0 Å². The molecule has 0 amide bonds. The fourth-order valence-corrected chi connectivity index (χ4v) is 0.840. The van der Waals surface area contributed by atoms with Gasteiger partial charge in [0.15, 0.2) is 0 Å². The van der Waals surface area contributed by atoms with Gasteiger partial charge in [0, 0.05) is 0 Å². The van der Waals surface area contributed by atoms with Gasteiger partial charge in [0.2, 0.25) is 0 Å². The second kappa shape index (κ2) is 5.01. The van der Waals surface area contributed by atoms with Gasteiger partial charge in [0.25, 0.3) is 10.1 Å². The third-order valence-corrected chi connectivity index (χ3v) is 1.65. The molecule has 0 rings (SSSR count). The standard InChI is InChI=1S/C6H16NO3S.ClH/c1-7(2,3)5-6-10-11(4,8)9;/h5-6H2,1-4H3;1H/q+1;/p-1. The summed E-state index contributed by atoms with van der Waals surface area (Å²) >= 11 is 0. The van der Waals surface area contributed by atoms with E-state index in [1.54, 1.807) is 0 Å². The van der Waals surface area contributed by atoms with Crippen molar-refractivity contribution >= 4 is 10.1 Å². The summed E-state index contributed by atoms with van der Waals surface area (Å²) in [7, 11) is 2.68. The van der Waals surface area contributed by atoms with E-state index in [0.717, 1.165) is 6.26 Å². The molecule has 0 saturated carbocycles. The van der Waals surface area contributed by atoms with Gasteiger partial charge in [-0.15, -0.1) is 0 Å². The molecule has 0 fully saturated rings. The Hall–Kier alpha value is 0.160. The van der Waals surface area contributed by atoms with Crippen LogP contribution in [0.2, 0.25) is 0 Å². The first kappa shape index (κ1) is 14.7. The van der Waals surface area contributed by atoms with Gasteiger partial charge in [-0.3, -0.25) is 4.18 Å². The molecule has 0 aliphatic carbocycles. The molecule has 6 heteroatoms. The van der Waals surface area contributed by atoms with Crippen LogP contribution in [-0.2, 0) is 14.3 Å². The van der Waals surface area contributed by atoms with Crippen LogP contribution in [0.4, 0.5) is 0 Å². The van der Waals surface area contributed by atoms with Crippen LogP contribution in [0.15, 0.2) is 0 Å². The molecule has 0 atom stereocenters. The average molecular weight is 218 g/mol. The van der Waals surface area contributed by atoms with Crippen molar-refractivity contribution in [2.75, 3.05) is 40.6 Å². The van der Waals surface area contributed by atoms with E-state index in [1.165, 1.54) is 0 Å². The van der Waals surface area contributed by atoms with Gasteiger partial charge in [-0.2, -0.15) is 8.42 Å². The van der Waals surface area contributed by atoms with E-state index in [0.29, 0.717) is 11.0 Å². The summed E-state index contributed by atoms with van der Waals surface area (Å²) in [5.74, 6) is 0. The maximum atomic E-state index is 10.5. The molecular formula is C6H16ClNO3S. The van der Waals surface area contributed by atoms with Crippen molar-refractivity contribution < 1.29 is 29.5 Å². The molecular weight excluding hydrogens is 202 g/mol. The molecule has 12 heavy (non-hydrogen) atoms. The molecule has 0 aromatic carbocycles. The summed E-state index contributed by atoms with van der Waals surface area (Å²) in [6.07, 6.45) is 1.06. The number of likely N-dealkylation sites (N-methyl/N-ethyl adjacent to an activating group) is 1. The van der Waals surface area contributed by atoms with Gasteiger partial charge in [-0.1, -0.05) is 0 Å². The lowest BCUT2D eigenvalue weighted by molar-refractivity contribution is -0.870. The minimum atomic E-state index is -3.26. The predicted octanol–water partition coefficient (Wildman–Crippen LogP) is -3.33. The van der Waals surface area contributed by atoms with Crippen molar-refractivity contribution in [3.05, 3.63) is 0 Å². The Bertz CT molecular complexity index is 207. The first-order chi connectivity index (χ1) is 4.71. The molecule has 0 N–H and O–H groups in total. The molecule has 0 saturated heterocycles. The zero-order valence-corrected chi connectivity index (χ0v) is 9.44. The maximum absolute atomic E-state index is 10.5. The molecule has 76 valence electrons. The molecule has 0 aromatic rings. The van der Waals surface area contributed by atoms with Crippen LogP contribution < -0.4 is 12.4 Å². The third-order valence-electron chi connectivity index (χ3n) is 1.06. The Balaban J connectivity index is 0. The highest BCUT2D eigenvalue weighted by molar-refractivity contribution is 7.85. The van der Waals surface area contributed by atoms with Gasteiger partial charge >= 0.3 is 0 Å². The lowest BCUT2D eigenvalue weighted by Crippen LogP contribution is -3.00. The number of nitrogens with zero attached hydrogens (tertiary/aromatic N) is 1. The lowest BCUT2D eigenvalue weighted by atomic mass is 10.5. The second-order valence-corrected chi connectivity index (χ2v) is 5.18. The predicted molar refractivity (Wildman–Crippen MR) is 43.7 cm³/mol. The van der Waals surface area contributed by atoms with Crippen LogP contribution in [0.25, 0.3) is 0 Å². The molecule has 0 heterocycles. The highest BCUT2D eigenvalue weighted by atomic mass is 35.5. The van der Waals surface area contributed by atoms with E-state index in [1.807, 2.05) is 21.1 Å². The number of hydrogen-bond acceptors (Lipinski definition) is 3. The number of quaternary nitrogens is 1. The molecule has 0 aromatic heterocycles. The second-order valence-electron chi connectivity index (χ2n) is 3.54. The van der Waals surface area contributed by atoms with E-state index in [2.05, 4.69) is 4.18 Å². The van der Waals surface area contributed by atoms with Gasteiger partial charge in [-0.25, -0.2) is 0 Å². The van der Waals surface area contributed by atoms with Crippen molar-refractivity contribution in [2.45, 2.75) is 0 Å². The summed E-state index contributed by atoms with van der Waals surface area (Å²) in [6.45, 7) is 0.940. The quantitative estimate of drug-likeness (QED) is 0.366. The SMILES string of the molecule is C[N+](C)(C)CCOS(C)(=O)=O.[Cl-]. The molecule has 0 unspecified atom stereocenters. The van der Waals surface area contributed by atoms with Crippen molar-refractivity contribution in [1.82, 2.24) is 0 Å². The van der Waals surface area contributed by atoms with Crippen molar-refractivity contribution in [2.24, 2.45) is 0 Å². The molecule has 4 nitrogen and oxygen atoms in total. The summed E-state index contributed by atoms with van der Waals surface area (Å²) in [5, 5.41) is 0. The highest BCUT2D eigenvalue weighted by Gasteiger charge is 2.08. The van der Waals surface area contributed by atoms with E-state index in [4.69, 9.17) is 0 Å². The van der Waals surface area contributed by atoms with E-state index in [9.17, 15) is 8.42 Å². The van der Waals surface area contributed by atoms with Crippen molar-refractivity contribution in [3.8, 4) is 0 Å². The van der Waals surface area contributed by atoms with Crippen LogP contribution in [0, 0.1) is 0 Å². The third kappa shape index (κ3) is 12.8. The van der Waals surface area contributed by atoms with Crippen LogP contribution in [-0.4, -0.2) is 53.5 Å². The first-order valence-corrected chi connectivity index (χ1v) is 5.17. The first-order valence-electron chi connectivity index (χ1n) is 3.35. The Morgan fingerprint density at radius 3 is 1.92 bits per heavy atom. The minimum Gasteiger partial charge on any atom is -1.00 e. The molecule has 0 aliphatic rings. The summed E-state index contributed by atoms with van der Waals surface area (Å²) in [4.78, 5) is 0. The monoisotopic (exact) mass is 217 g/mol. The fraction of sp³-hybridized carbons (Fsp3) is 1.00.